The molecule has 0 saturated heterocycles. The molecule has 2 heterocycles. The smallest absolute Gasteiger partial charge is 0.277 e. The zero-order chi connectivity index (χ0) is 18.1. The van der Waals surface area contributed by atoms with Crippen molar-refractivity contribution in [2.24, 2.45) is 5.10 Å². The lowest BCUT2D eigenvalue weighted by molar-refractivity contribution is 0.0688. The fourth-order valence-corrected chi connectivity index (χ4v) is 3.10. The minimum atomic E-state index is -0.578. The molecule has 0 unspecified atom stereocenters. The summed E-state index contributed by atoms with van der Waals surface area (Å²) in [4.78, 5) is 12.9. The molecule has 0 bridgehead atoms. The van der Waals surface area contributed by atoms with Gasteiger partial charge in [-0.05, 0) is 42.0 Å². The molecule has 1 amide bonds. The maximum Gasteiger partial charge on any atom is 0.277 e. The van der Waals surface area contributed by atoms with Crippen LogP contribution in [-0.2, 0) is 0 Å². The van der Waals surface area contributed by atoms with Gasteiger partial charge in [-0.25, -0.2) is 9.40 Å². The zero-order valence-corrected chi connectivity index (χ0v) is 14.4. The Morgan fingerprint density at radius 1 is 1.12 bits per heavy atom. The Hall–Kier alpha value is -2.92. The van der Waals surface area contributed by atoms with Gasteiger partial charge in [-0.3, -0.25) is 4.79 Å². The van der Waals surface area contributed by atoms with Crippen LogP contribution >= 0.6 is 11.6 Å². The Labute approximate surface area is 154 Å². The zero-order valence-electron chi connectivity index (χ0n) is 13.6. The lowest BCUT2D eigenvalue weighted by Gasteiger charge is -2.20. The van der Waals surface area contributed by atoms with Crippen LogP contribution in [0.1, 0.15) is 34.1 Å². The predicted molar refractivity (Wildman–Crippen MR) is 96.6 cm³/mol. The molecule has 6 heteroatoms. The SMILES string of the molecule is O=C(c1ccccc1F)N1N=C(c2ccc(Cl)cc2)C[C@@H]1c1ccco1. The van der Waals surface area contributed by atoms with E-state index in [-0.39, 0.29) is 5.56 Å². The van der Waals surface area contributed by atoms with Crippen LogP contribution in [0, 0.1) is 5.82 Å². The first-order valence-corrected chi connectivity index (χ1v) is 8.46. The number of furan rings is 1. The van der Waals surface area contributed by atoms with Gasteiger partial charge in [-0.15, -0.1) is 0 Å². The summed E-state index contributed by atoms with van der Waals surface area (Å²) in [6, 6.07) is 16.2. The Morgan fingerprint density at radius 3 is 2.58 bits per heavy atom. The molecule has 1 aromatic heterocycles. The van der Waals surface area contributed by atoms with Crippen molar-refractivity contribution < 1.29 is 13.6 Å². The van der Waals surface area contributed by atoms with Gasteiger partial charge in [-0.2, -0.15) is 5.10 Å². The fourth-order valence-electron chi connectivity index (χ4n) is 2.98. The molecular formula is C20H14ClFN2O2. The van der Waals surface area contributed by atoms with Crippen molar-refractivity contribution in [2.75, 3.05) is 0 Å². The van der Waals surface area contributed by atoms with Crippen LogP contribution in [-0.4, -0.2) is 16.6 Å². The number of amides is 1. The van der Waals surface area contributed by atoms with E-state index in [1.54, 1.807) is 42.7 Å². The van der Waals surface area contributed by atoms with E-state index >= 15 is 0 Å². The molecule has 26 heavy (non-hydrogen) atoms. The van der Waals surface area contributed by atoms with E-state index in [1.807, 2.05) is 12.1 Å². The fraction of sp³-hybridized carbons (Fsp3) is 0.100. The molecule has 1 aliphatic rings. The summed E-state index contributed by atoms with van der Waals surface area (Å²) in [5, 5.41) is 6.39. The Bertz CT molecular complexity index is 968. The quantitative estimate of drug-likeness (QED) is 0.648. The van der Waals surface area contributed by atoms with Crippen molar-refractivity contribution in [1.82, 2.24) is 5.01 Å². The van der Waals surface area contributed by atoms with Crippen molar-refractivity contribution in [3.05, 3.63) is 94.7 Å². The third-order valence-corrected chi connectivity index (χ3v) is 4.52. The van der Waals surface area contributed by atoms with Crippen molar-refractivity contribution in [3.8, 4) is 0 Å². The van der Waals surface area contributed by atoms with E-state index < -0.39 is 17.8 Å². The first-order valence-electron chi connectivity index (χ1n) is 8.08. The third-order valence-electron chi connectivity index (χ3n) is 4.27. The van der Waals surface area contributed by atoms with Crippen LogP contribution in [0.15, 0.2) is 76.4 Å². The van der Waals surface area contributed by atoms with Gasteiger partial charge in [0.15, 0.2) is 0 Å². The molecule has 0 aliphatic carbocycles. The molecule has 3 aromatic rings. The van der Waals surface area contributed by atoms with Gasteiger partial charge in [0, 0.05) is 11.4 Å². The molecule has 0 spiro atoms. The van der Waals surface area contributed by atoms with E-state index in [1.165, 1.54) is 17.1 Å². The van der Waals surface area contributed by atoms with Gasteiger partial charge in [0.1, 0.15) is 17.6 Å². The van der Waals surface area contributed by atoms with E-state index in [0.717, 1.165) is 5.56 Å². The second-order valence-corrected chi connectivity index (χ2v) is 6.35. The van der Waals surface area contributed by atoms with Crippen molar-refractivity contribution in [3.63, 3.8) is 0 Å². The molecule has 130 valence electrons. The minimum Gasteiger partial charge on any atom is -0.467 e. The first-order chi connectivity index (χ1) is 12.6. The molecule has 0 fully saturated rings. The van der Waals surface area contributed by atoms with Gasteiger partial charge >= 0.3 is 0 Å². The molecule has 0 saturated carbocycles. The van der Waals surface area contributed by atoms with Crippen LogP contribution in [0.4, 0.5) is 4.39 Å². The van der Waals surface area contributed by atoms with Gasteiger partial charge in [-0.1, -0.05) is 35.9 Å². The van der Waals surface area contributed by atoms with E-state index in [9.17, 15) is 9.18 Å². The van der Waals surface area contributed by atoms with Crippen LogP contribution in [0.25, 0.3) is 0 Å². The molecule has 0 N–H and O–H groups in total. The van der Waals surface area contributed by atoms with Crippen molar-refractivity contribution in [2.45, 2.75) is 12.5 Å². The number of hydrazone groups is 1. The highest BCUT2D eigenvalue weighted by molar-refractivity contribution is 6.30. The largest absolute Gasteiger partial charge is 0.467 e. The third kappa shape index (κ3) is 3.02. The summed E-state index contributed by atoms with van der Waals surface area (Å²) in [6.45, 7) is 0. The topological polar surface area (TPSA) is 45.8 Å². The van der Waals surface area contributed by atoms with Gasteiger partial charge in [0.05, 0.1) is 17.5 Å². The lowest BCUT2D eigenvalue weighted by Crippen LogP contribution is -2.27. The summed E-state index contributed by atoms with van der Waals surface area (Å²) < 4.78 is 19.6. The number of carbonyl (C=O) groups is 1. The molecular weight excluding hydrogens is 355 g/mol. The number of nitrogens with zero attached hydrogens (tertiary/aromatic N) is 2. The van der Waals surface area contributed by atoms with Crippen LogP contribution in [0.5, 0.6) is 0 Å². The number of hydrogen-bond donors (Lipinski definition) is 0. The highest BCUT2D eigenvalue weighted by Gasteiger charge is 2.36. The molecule has 4 rings (SSSR count). The minimum absolute atomic E-state index is 0.0230. The van der Waals surface area contributed by atoms with Gasteiger partial charge in [0.2, 0.25) is 0 Å². The maximum absolute atomic E-state index is 14.1. The lowest BCUT2D eigenvalue weighted by atomic mass is 10.0. The van der Waals surface area contributed by atoms with Gasteiger partial charge in [0.25, 0.3) is 5.91 Å². The van der Waals surface area contributed by atoms with E-state index in [2.05, 4.69) is 5.10 Å². The second kappa shape index (κ2) is 6.77. The average molecular weight is 369 g/mol. The molecule has 1 atom stereocenters. The highest BCUT2D eigenvalue weighted by Crippen LogP contribution is 2.34. The van der Waals surface area contributed by atoms with Crippen LogP contribution < -0.4 is 0 Å². The Balaban J connectivity index is 1.73. The summed E-state index contributed by atoms with van der Waals surface area (Å²) >= 11 is 5.94. The summed E-state index contributed by atoms with van der Waals surface area (Å²) in [5.74, 6) is -0.485. The molecule has 1 aliphatic heterocycles. The van der Waals surface area contributed by atoms with E-state index in [0.29, 0.717) is 22.9 Å². The van der Waals surface area contributed by atoms with E-state index in [4.69, 9.17) is 16.0 Å². The normalized spacial score (nSPS) is 16.6. The molecule has 4 nitrogen and oxygen atoms in total. The van der Waals surface area contributed by atoms with Crippen molar-refractivity contribution >= 4 is 23.2 Å². The first kappa shape index (κ1) is 16.5. The van der Waals surface area contributed by atoms with Crippen LogP contribution in [0.3, 0.4) is 0 Å². The summed E-state index contributed by atoms with van der Waals surface area (Å²) in [6.07, 6.45) is 2.01. The van der Waals surface area contributed by atoms with Crippen LogP contribution in [0.2, 0.25) is 5.02 Å². The second-order valence-electron chi connectivity index (χ2n) is 5.92. The molecule has 2 aromatic carbocycles. The average Bonchev–Trinajstić information content (AvgIpc) is 3.32. The van der Waals surface area contributed by atoms with Crippen molar-refractivity contribution in [1.29, 1.82) is 0 Å². The van der Waals surface area contributed by atoms with Gasteiger partial charge < -0.3 is 4.42 Å². The Kier molecular flexibility index (Phi) is 4.31. The maximum atomic E-state index is 14.1. The number of rotatable bonds is 3. The number of carbonyl (C=O) groups excluding carboxylic acids is 1. The number of halogens is 2. The number of benzene rings is 2. The predicted octanol–water partition coefficient (Wildman–Crippen LogP) is 5.06. The monoisotopic (exact) mass is 368 g/mol. The number of hydrogen-bond acceptors (Lipinski definition) is 3. The standard InChI is InChI=1S/C20H14ClFN2O2/c21-14-9-7-13(8-10-14)17-12-18(19-6-3-11-26-19)24(23-17)20(25)15-4-1-2-5-16(15)22/h1-11,18H,12H2/t18-/m1/s1. The molecule has 0 radical (unpaired) electrons. The Morgan fingerprint density at radius 2 is 1.88 bits per heavy atom. The summed E-state index contributed by atoms with van der Waals surface area (Å²) in [5.41, 5.74) is 1.55. The highest BCUT2D eigenvalue weighted by atomic mass is 35.5. The summed E-state index contributed by atoms with van der Waals surface area (Å²) in [7, 11) is 0.